The van der Waals surface area contributed by atoms with Crippen LogP contribution in [0.2, 0.25) is 0 Å². The number of piperidine rings is 1. The van der Waals surface area contributed by atoms with Crippen LogP contribution in [0, 0.1) is 19.8 Å². The Kier molecular flexibility index (Phi) is 4.42. The molecule has 0 aliphatic carbocycles. The molecule has 0 spiro atoms. The van der Waals surface area contributed by atoms with Gasteiger partial charge >= 0.3 is 5.97 Å². The lowest BCUT2D eigenvalue weighted by atomic mass is 9.97. The van der Waals surface area contributed by atoms with E-state index in [1.165, 1.54) is 0 Å². The standard InChI is InChI=1S/C14H20N2O4/c1-9-12(10(2)20-15-9)5-6-13(17)16-7-3-4-11(8-16)14(18)19/h11H,3-8H2,1-2H3,(H,18,19)/t11-/m1/s1. The summed E-state index contributed by atoms with van der Waals surface area (Å²) < 4.78 is 5.07. The topological polar surface area (TPSA) is 83.6 Å². The Balaban J connectivity index is 1.90. The summed E-state index contributed by atoms with van der Waals surface area (Å²) in [6.45, 7) is 4.68. The Morgan fingerprint density at radius 3 is 2.80 bits per heavy atom. The van der Waals surface area contributed by atoms with E-state index in [0.717, 1.165) is 23.4 Å². The zero-order valence-corrected chi connectivity index (χ0v) is 11.9. The molecule has 1 amide bonds. The van der Waals surface area contributed by atoms with Gasteiger partial charge in [-0.3, -0.25) is 9.59 Å². The monoisotopic (exact) mass is 280 g/mol. The molecule has 0 radical (unpaired) electrons. The second kappa shape index (κ2) is 6.07. The normalized spacial score (nSPS) is 19.1. The molecule has 1 fully saturated rings. The van der Waals surface area contributed by atoms with Gasteiger partial charge in [0.05, 0.1) is 11.6 Å². The molecule has 2 rings (SSSR count). The van der Waals surface area contributed by atoms with Crippen molar-refractivity contribution in [3.8, 4) is 0 Å². The fraction of sp³-hybridized carbons (Fsp3) is 0.643. The molecule has 0 aromatic carbocycles. The SMILES string of the molecule is Cc1noc(C)c1CCC(=O)N1CCC[C@@H](C(=O)O)C1. The third kappa shape index (κ3) is 3.18. The number of hydrogen-bond acceptors (Lipinski definition) is 4. The minimum absolute atomic E-state index is 0.0101. The number of carboxylic acids is 1. The Morgan fingerprint density at radius 1 is 1.45 bits per heavy atom. The highest BCUT2D eigenvalue weighted by atomic mass is 16.5. The molecule has 1 N–H and O–H groups in total. The summed E-state index contributed by atoms with van der Waals surface area (Å²) in [4.78, 5) is 24.8. The number of rotatable bonds is 4. The Bertz CT molecular complexity index is 490. The second-order valence-electron chi connectivity index (χ2n) is 5.32. The summed E-state index contributed by atoms with van der Waals surface area (Å²) in [5.41, 5.74) is 1.79. The van der Waals surface area contributed by atoms with Gasteiger partial charge in [0, 0.05) is 25.1 Å². The first-order valence-corrected chi connectivity index (χ1v) is 6.91. The van der Waals surface area contributed by atoms with Crippen LogP contribution in [0.25, 0.3) is 0 Å². The maximum Gasteiger partial charge on any atom is 0.308 e. The van der Waals surface area contributed by atoms with Gasteiger partial charge in [-0.15, -0.1) is 0 Å². The van der Waals surface area contributed by atoms with E-state index in [0.29, 0.717) is 32.4 Å². The summed E-state index contributed by atoms with van der Waals surface area (Å²) in [5.74, 6) is -0.478. The molecular weight excluding hydrogens is 260 g/mol. The van der Waals surface area contributed by atoms with Crippen molar-refractivity contribution in [3.05, 3.63) is 17.0 Å². The molecule has 1 aromatic rings. The fourth-order valence-electron chi connectivity index (χ4n) is 2.65. The number of carboxylic acid groups (broad SMARTS) is 1. The van der Waals surface area contributed by atoms with E-state index >= 15 is 0 Å². The third-order valence-electron chi connectivity index (χ3n) is 3.89. The molecule has 1 saturated heterocycles. The van der Waals surface area contributed by atoms with E-state index in [9.17, 15) is 9.59 Å². The van der Waals surface area contributed by atoms with E-state index in [1.54, 1.807) is 4.90 Å². The minimum Gasteiger partial charge on any atom is -0.481 e. The average molecular weight is 280 g/mol. The molecule has 0 unspecified atom stereocenters. The molecule has 6 nitrogen and oxygen atoms in total. The fourth-order valence-corrected chi connectivity index (χ4v) is 2.65. The Labute approximate surface area is 117 Å². The highest BCUT2D eigenvalue weighted by molar-refractivity contribution is 5.78. The minimum atomic E-state index is -0.812. The van der Waals surface area contributed by atoms with Gasteiger partial charge in [-0.05, 0) is 33.1 Å². The van der Waals surface area contributed by atoms with E-state index in [1.807, 2.05) is 13.8 Å². The van der Waals surface area contributed by atoms with Crippen molar-refractivity contribution in [2.75, 3.05) is 13.1 Å². The number of aliphatic carboxylic acids is 1. The van der Waals surface area contributed by atoms with E-state index < -0.39 is 11.9 Å². The summed E-state index contributed by atoms with van der Waals surface area (Å²) in [6.07, 6.45) is 2.38. The number of nitrogens with zero attached hydrogens (tertiary/aromatic N) is 2. The lowest BCUT2D eigenvalue weighted by Gasteiger charge is -2.30. The lowest BCUT2D eigenvalue weighted by molar-refractivity contribution is -0.145. The van der Waals surface area contributed by atoms with Gasteiger partial charge in [0.25, 0.3) is 0 Å². The molecular formula is C14H20N2O4. The van der Waals surface area contributed by atoms with Crippen molar-refractivity contribution in [3.63, 3.8) is 0 Å². The molecule has 1 atom stereocenters. The lowest BCUT2D eigenvalue weighted by Crippen LogP contribution is -2.42. The van der Waals surface area contributed by atoms with Gasteiger partial charge in [-0.25, -0.2) is 0 Å². The van der Waals surface area contributed by atoms with Crippen LogP contribution >= 0.6 is 0 Å². The number of hydrogen-bond donors (Lipinski definition) is 1. The van der Waals surface area contributed by atoms with Gasteiger partial charge in [0.1, 0.15) is 5.76 Å². The first kappa shape index (κ1) is 14.6. The summed E-state index contributed by atoms with van der Waals surface area (Å²) >= 11 is 0. The Hall–Kier alpha value is -1.85. The van der Waals surface area contributed by atoms with Gasteiger partial charge in [-0.1, -0.05) is 5.16 Å². The van der Waals surface area contributed by atoms with Crippen molar-refractivity contribution in [1.82, 2.24) is 10.1 Å². The van der Waals surface area contributed by atoms with Crippen LogP contribution in [0.5, 0.6) is 0 Å². The molecule has 1 aromatic heterocycles. The molecule has 0 saturated carbocycles. The van der Waals surface area contributed by atoms with Crippen LogP contribution in [-0.2, 0) is 16.0 Å². The van der Waals surface area contributed by atoms with E-state index in [-0.39, 0.29) is 5.91 Å². The number of likely N-dealkylation sites (tertiary alicyclic amines) is 1. The average Bonchev–Trinajstić information content (AvgIpc) is 2.75. The van der Waals surface area contributed by atoms with Gasteiger partial charge < -0.3 is 14.5 Å². The van der Waals surface area contributed by atoms with Crippen LogP contribution in [0.15, 0.2) is 4.52 Å². The number of amides is 1. The third-order valence-corrected chi connectivity index (χ3v) is 3.89. The Morgan fingerprint density at radius 2 is 2.20 bits per heavy atom. The number of carbonyl (C=O) groups excluding carboxylic acids is 1. The van der Waals surface area contributed by atoms with Gasteiger partial charge in [0.2, 0.25) is 5.91 Å². The maximum atomic E-state index is 12.2. The van der Waals surface area contributed by atoms with Crippen LogP contribution in [0.1, 0.15) is 36.3 Å². The van der Waals surface area contributed by atoms with Gasteiger partial charge in [-0.2, -0.15) is 0 Å². The van der Waals surface area contributed by atoms with Crippen LogP contribution < -0.4 is 0 Å². The predicted molar refractivity (Wildman–Crippen MR) is 71.2 cm³/mol. The summed E-state index contributed by atoms with van der Waals surface area (Å²) in [5, 5.41) is 12.9. The molecule has 1 aliphatic heterocycles. The van der Waals surface area contributed by atoms with Gasteiger partial charge in [0.15, 0.2) is 0 Å². The predicted octanol–water partition coefficient (Wildman–Crippen LogP) is 1.55. The second-order valence-corrected chi connectivity index (χ2v) is 5.32. The summed E-state index contributed by atoms with van der Waals surface area (Å²) in [6, 6.07) is 0. The van der Waals surface area contributed by atoms with E-state index in [4.69, 9.17) is 9.63 Å². The number of aryl methyl sites for hydroxylation is 2. The van der Waals surface area contributed by atoms with Crippen LogP contribution in [-0.4, -0.2) is 40.1 Å². The number of carbonyl (C=O) groups is 2. The van der Waals surface area contributed by atoms with Crippen LogP contribution in [0.3, 0.4) is 0 Å². The van der Waals surface area contributed by atoms with Crippen molar-refractivity contribution in [2.24, 2.45) is 5.92 Å². The summed E-state index contributed by atoms with van der Waals surface area (Å²) in [7, 11) is 0. The molecule has 110 valence electrons. The molecule has 2 heterocycles. The molecule has 1 aliphatic rings. The smallest absolute Gasteiger partial charge is 0.308 e. The van der Waals surface area contributed by atoms with Crippen molar-refractivity contribution in [2.45, 2.75) is 39.5 Å². The molecule has 6 heteroatoms. The largest absolute Gasteiger partial charge is 0.481 e. The van der Waals surface area contributed by atoms with Crippen LogP contribution in [0.4, 0.5) is 0 Å². The zero-order valence-electron chi connectivity index (χ0n) is 11.9. The highest BCUT2D eigenvalue weighted by Gasteiger charge is 2.28. The first-order chi connectivity index (χ1) is 9.49. The highest BCUT2D eigenvalue weighted by Crippen LogP contribution is 2.19. The first-order valence-electron chi connectivity index (χ1n) is 6.91. The zero-order chi connectivity index (χ0) is 14.7. The van der Waals surface area contributed by atoms with Crippen molar-refractivity contribution in [1.29, 1.82) is 0 Å². The molecule has 0 bridgehead atoms. The van der Waals surface area contributed by atoms with Crippen molar-refractivity contribution < 1.29 is 19.2 Å². The maximum absolute atomic E-state index is 12.2. The van der Waals surface area contributed by atoms with E-state index in [2.05, 4.69) is 5.16 Å². The molecule has 20 heavy (non-hydrogen) atoms. The number of aromatic nitrogens is 1. The van der Waals surface area contributed by atoms with Crippen molar-refractivity contribution >= 4 is 11.9 Å². The quantitative estimate of drug-likeness (QED) is 0.904.